The van der Waals surface area contributed by atoms with Crippen molar-refractivity contribution in [3.05, 3.63) is 0 Å². The highest BCUT2D eigenvalue weighted by molar-refractivity contribution is 5.66. The molecule has 0 bridgehead atoms. The zero-order valence-corrected chi connectivity index (χ0v) is 6.42. The summed E-state index contributed by atoms with van der Waals surface area (Å²) in [5, 5.41) is 8.21. The van der Waals surface area contributed by atoms with Crippen LogP contribution in [0.25, 0.3) is 0 Å². The Hall–Kier alpha value is -0.610. The van der Waals surface area contributed by atoms with Crippen LogP contribution in [0, 0.1) is 0 Å². The van der Waals surface area contributed by atoms with Gasteiger partial charge in [-0.25, -0.2) is 0 Å². The standard InChI is InChI=1S/C6H13NO2.H2O/c1-7(2)5-3-4-6(8)9;/h3-5H2,1-2H3,(H,8,9);1H2. The molecule has 0 unspecified atom stereocenters. The molecule has 62 valence electrons. The minimum absolute atomic E-state index is 0. The summed E-state index contributed by atoms with van der Waals surface area (Å²) in [6.07, 6.45) is 1.01. The smallest absolute Gasteiger partial charge is 0.303 e. The minimum atomic E-state index is -0.711. The van der Waals surface area contributed by atoms with Crippen LogP contribution in [0.1, 0.15) is 12.8 Å². The first-order chi connectivity index (χ1) is 4.13. The van der Waals surface area contributed by atoms with Crippen LogP contribution in [0.5, 0.6) is 0 Å². The fourth-order valence-electron chi connectivity index (χ4n) is 0.547. The first-order valence-corrected chi connectivity index (χ1v) is 2.99. The molecule has 0 radical (unpaired) electrons. The molecule has 4 nitrogen and oxygen atoms in total. The molecule has 0 saturated heterocycles. The SMILES string of the molecule is CN(C)CCCC(=O)O.O. The van der Waals surface area contributed by atoms with Crippen LogP contribution in [-0.4, -0.2) is 42.1 Å². The summed E-state index contributed by atoms with van der Waals surface area (Å²) < 4.78 is 0. The molecular formula is C6H15NO3. The molecule has 0 aromatic carbocycles. The first kappa shape index (κ1) is 12.1. The summed E-state index contributed by atoms with van der Waals surface area (Å²) in [6.45, 7) is 0.853. The van der Waals surface area contributed by atoms with Gasteiger partial charge in [0.15, 0.2) is 0 Å². The van der Waals surface area contributed by atoms with E-state index in [1.54, 1.807) is 0 Å². The largest absolute Gasteiger partial charge is 0.481 e. The summed E-state index contributed by atoms with van der Waals surface area (Å²) in [5.74, 6) is -0.711. The average Bonchev–Trinajstić information content (AvgIpc) is 1.63. The average molecular weight is 149 g/mol. The van der Waals surface area contributed by atoms with E-state index in [4.69, 9.17) is 5.11 Å². The van der Waals surface area contributed by atoms with Gasteiger partial charge in [-0.05, 0) is 27.1 Å². The zero-order chi connectivity index (χ0) is 7.28. The molecule has 0 heterocycles. The van der Waals surface area contributed by atoms with Gasteiger partial charge in [0.2, 0.25) is 0 Å². The Morgan fingerprint density at radius 3 is 2.30 bits per heavy atom. The van der Waals surface area contributed by atoms with Gasteiger partial charge in [-0.15, -0.1) is 0 Å². The Kier molecular flexibility index (Phi) is 7.88. The van der Waals surface area contributed by atoms with Crippen LogP contribution >= 0.6 is 0 Å². The number of hydrogen-bond acceptors (Lipinski definition) is 2. The molecule has 0 spiro atoms. The molecule has 3 N–H and O–H groups in total. The van der Waals surface area contributed by atoms with Gasteiger partial charge in [0.05, 0.1) is 0 Å². The maximum atomic E-state index is 9.96. The van der Waals surface area contributed by atoms with Crippen molar-refractivity contribution in [2.24, 2.45) is 0 Å². The van der Waals surface area contributed by atoms with Gasteiger partial charge >= 0.3 is 5.97 Å². The number of carboxylic acid groups (broad SMARTS) is 1. The van der Waals surface area contributed by atoms with Crippen LogP contribution in [0.4, 0.5) is 0 Å². The van der Waals surface area contributed by atoms with E-state index in [0.717, 1.165) is 13.0 Å². The van der Waals surface area contributed by atoms with E-state index in [1.165, 1.54) is 0 Å². The third-order valence-electron chi connectivity index (χ3n) is 0.996. The minimum Gasteiger partial charge on any atom is -0.481 e. The van der Waals surface area contributed by atoms with Crippen LogP contribution in [0.2, 0.25) is 0 Å². The fraction of sp³-hybridized carbons (Fsp3) is 0.833. The molecule has 0 aliphatic rings. The molecule has 0 saturated carbocycles. The van der Waals surface area contributed by atoms with E-state index in [1.807, 2.05) is 19.0 Å². The van der Waals surface area contributed by atoms with Crippen molar-refractivity contribution in [3.8, 4) is 0 Å². The highest BCUT2D eigenvalue weighted by Gasteiger charge is 1.95. The lowest BCUT2D eigenvalue weighted by Gasteiger charge is -2.06. The number of hydrogen-bond donors (Lipinski definition) is 1. The van der Waals surface area contributed by atoms with Gasteiger partial charge < -0.3 is 15.5 Å². The summed E-state index contributed by atoms with van der Waals surface area (Å²) in [7, 11) is 3.86. The molecule has 0 atom stereocenters. The summed E-state index contributed by atoms with van der Waals surface area (Å²) in [6, 6.07) is 0. The zero-order valence-electron chi connectivity index (χ0n) is 6.42. The van der Waals surface area contributed by atoms with Crippen molar-refractivity contribution in [2.45, 2.75) is 12.8 Å². The third kappa shape index (κ3) is 10.4. The van der Waals surface area contributed by atoms with E-state index in [9.17, 15) is 4.79 Å². The lowest BCUT2D eigenvalue weighted by atomic mass is 10.3. The second-order valence-electron chi connectivity index (χ2n) is 2.30. The Morgan fingerprint density at radius 2 is 2.00 bits per heavy atom. The Morgan fingerprint density at radius 1 is 1.50 bits per heavy atom. The molecule has 0 aliphatic heterocycles. The molecule has 0 aromatic heterocycles. The highest BCUT2D eigenvalue weighted by Crippen LogP contribution is 1.89. The van der Waals surface area contributed by atoms with Gasteiger partial charge in [-0.3, -0.25) is 4.79 Å². The fourth-order valence-corrected chi connectivity index (χ4v) is 0.547. The van der Waals surface area contributed by atoms with Crippen LogP contribution in [0.15, 0.2) is 0 Å². The number of carbonyl (C=O) groups is 1. The molecule has 0 aliphatic carbocycles. The summed E-state index contributed by atoms with van der Waals surface area (Å²) >= 11 is 0. The van der Waals surface area contributed by atoms with Crippen molar-refractivity contribution >= 4 is 5.97 Å². The first-order valence-electron chi connectivity index (χ1n) is 2.99. The summed E-state index contributed by atoms with van der Waals surface area (Å²) in [5.41, 5.74) is 0. The van der Waals surface area contributed by atoms with Gasteiger partial charge in [0.25, 0.3) is 0 Å². The normalized spacial score (nSPS) is 9.10. The molecule has 0 fully saturated rings. The van der Waals surface area contributed by atoms with Crippen LogP contribution < -0.4 is 0 Å². The highest BCUT2D eigenvalue weighted by atomic mass is 16.4. The third-order valence-corrected chi connectivity index (χ3v) is 0.996. The van der Waals surface area contributed by atoms with E-state index >= 15 is 0 Å². The molecule has 0 amide bonds. The van der Waals surface area contributed by atoms with Gasteiger partial charge in [-0.1, -0.05) is 0 Å². The molecule has 0 aromatic rings. The monoisotopic (exact) mass is 149 g/mol. The van der Waals surface area contributed by atoms with Gasteiger partial charge in [0, 0.05) is 6.42 Å². The Labute approximate surface area is 60.8 Å². The second-order valence-corrected chi connectivity index (χ2v) is 2.30. The number of aliphatic carboxylic acids is 1. The lowest BCUT2D eigenvalue weighted by Crippen LogP contribution is -2.13. The maximum Gasteiger partial charge on any atom is 0.303 e. The predicted octanol–water partition coefficient (Wildman–Crippen LogP) is -0.412. The number of rotatable bonds is 4. The molecule has 4 heteroatoms. The van der Waals surface area contributed by atoms with Gasteiger partial charge in [0.1, 0.15) is 0 Å². The summed E-state index contributed by atoms with van der Waals surface area (Å²) in [4.78, 5) is 11.9. The maximum absolute atomic E-state index is 9.96. The van der Waals surface area contributed by atoms with E-state index in [-0.39, 0.29) is 11.9 Å². The Balaban J connectivity index is 0. The number of carboxylic acids is 1. The quantitative estimate of drug-likeness (QED) is 0.590. The molecule has 10 heavy (non-hydrogen) atoms. The van der Waals surface area contributed by atoms with Crippen LogP contribution in [-0.2, 0) is 4.79 Å². The van der Waals surface area contributed by atoms with Crippen LogP contribution in [0.3, 0.4) is 0 Å². The lowest BCUT2D eigenvalue weighted by molar-refractivity contribution is -0.137. The van der Waals surface area contributed by atoms with E-state index in [0.29, 0.717) is 0 Å². The second kappa shape index (κ2) is 6.51. The van der Waals surface area contributed by atoms with Crippen molar-refractivity contribution in [2.75, 3.05) is 20.6 Å². The predicted molar refractivity (Wildman–Crippen MR) is 39.0 cm³/mol. The topological polar surface area (TPSA) is 72.0 Å². The van der Waals surface area contributed by atoms with Gasteiger partial charge in [-0.2, -0.15) is 0 Å². The Bertz CT molecular complexity index is 93.0. The number of nitrogens with zero attached hydrogens (tertiary/aromatic N) is 1. The van der Waals surface area contributed by atoms with Crippen molar-refractivity contribution in [1.82, 2.24) is 4.90 Å². The van der Waals surface area contributed by atoms with Crippen molar-refractivity contribution in [3.63, 3.8) is 0 Å². The molecular weight excluding hydrogens is 134 g/mol. The molecule has 0 rings (SSSR count). The van der Waals surface area contributed by atoms with E-state index < -0.39 is 5.97 Å². The van der Waals surface area contributed by atoms with Crippen molar-refractivity contribution < 1.29 is 15.4 Å². The van der Waals surface area contributed by atoms with E-state index in [2.05, 4.69) is 0 Å². The van der Waals surface area contributed by atoms with Crippen molar-refractivity contribution in [1.29, 1.82) is 0 Å².